The maximum atomic E-state index is 5.01. The van der Waals surface area contributed by atoms with E-state index in [1.807, 2.05) is 6.92 Å². The Labute approximate surface area is 108 Å². The summed E-state index contributed by atoms with van der Waals surface area (Å²) in [6, 6.07) is 0. The van der Waals surface area contributed by atoms with Crippen LogP contribution in [-0.2, 0) is 6.42 Å². The zero-order valence-corrected chi connectivity index (χ0v) is 11.1. The van der Waals surface area contributed by atoms with Gasteiger partial charge in [0.1, 0.15) is 0 Å². The van der Waals surface area contributed by atoms with E-state index in [9.17, 15) is 0 Å². The van der Waals surface area contributed by atoms with Gasteiger partial charge in [0.2, 0.25) is 5.89 Å². The molecule has 3 rings (SSSR count). The van der Waals surface area contributed by atoms with Gasteiger partial charge in [0.05, 0.1) is 0 Å². The lowest BCUT2D eigenvalue weighted by Gasteiger charge is -2.41. The molecule has 1 aromatic heterocycles. The van der Waals surface area contributed by atoms with Crippen LogP contribution >= 0.6 is 0 Å². The second-order valence-corrected chi connectivity index (χ2v) is 5.67. The number of rotatable bonds is 3. The molecule has 0 atom stereocenters. The molecule has 1 aliphatic carbocycles. The SMILES string of the molecule is Cc1nc(CCN2CCNC3(CCCC3)C2)no1. The number of hydrogen-bond donors (Lipinski definition) is 1. The Bertz CT molecular complexity index is 397. The van der Waals surface area contributed by atoms with E-state index < -0.39 is 0 Å². The summed E-state index contributed by atoms with van der Waals surface area (Å²) in [6.07, 6.45) is 6.33. The molecule has 2 heterocycles. The van der Waals surface area contributed by atoms with Crippen LogP contribution in [0.3, 0.4) is 0 Å². The number of piperazine rings is 1. The smallest absolute Gasteiger partial charge is 0.223 e. The van der Waals surface area contributed by atoms with Gasteiger partial charge in [-0.3, -0.25) is 4.90 Å². The number of nitrogens with zero attached hydrogens (tertiary/aromatic N) is 3. The molecule has 0 radical (unpaired) electrons. The third kappa shape index (κ3) is 2.57. The largest absolute Gasteiger partial charge is 0.340 e. The van der Waals surface area contributed by atoms with E-state index in [0.717, 1.165) is 31.9 Å². The van der Waals surface area contributed by atoms with E-state index in [0.29, 0.717) is 11.4 Å². The molecule has 100 valence electrons. The summed E-state index contributed by atoms with van der Waals surface area (Å²) >= 11 is 0. The first-order valence-corrected chi connectivity index (χ1v) is 7.02. The fourth-order valence-electron chi connectivity index (χ4n) is 3.32. The van der Waals surface area contributed by atoms with Gasteiger partial charge in [-0.1, -0.05) is 18.0 Å². The maximum absolute atomic E-state index is 5.01. The van der Waals surface area contributed by atoms with Crippen LogP contribution in [0.25, 0.3) is 0 Å². The van der Waals surface area contributed by atoms with E-state index in [2.05, 4.69) is 20.4 Å². The van der Waals surface area contributed by atoms with E-state index in [4.69, 9.17) is 4.52 Å². The lowest BCUT2D eigenvalue weighted by Crippen LogP contribution is -2.59. The predicted molar refractivity (Wildman–Crippen MR) is 68.4 cm³/mol. The summed E-state index contributed by atoms with van der Waals surface area (Å²) in [5, 5.41) is 7.70. The predicted octanol–water partition coefficient (Wildman–Crippen LogP) is 1.14. The number of aromatic nitrogens is 2. The highest BCUT2D eigenvalue weighted by molar-refractivity contribution is 4.98. The summed E-state index contributed by atoms with van der Waals surface area (Å²) in [5.41, 5.74) is 0.408. The van der Waals surface area contributed by atoms with Gasteiger partial charge in [-0.05, 0) is 12.8 Å². The van der Waals surface area contributed by atoms with Crippen LogP contribution in [0.4, 0.5) is 0 Å². The van der Waals surface area contributed by atoms with Crippen molar-refractivity contribution in [3.8, 4) is 0 Å². The molecule has 18 heavy (non-hydrogen) atoms. The lowest BCUT2D eigenvalue weighted by molar-refractivity contribution is 0.135. The zero-order valence-electron chi connectivity index (χ0n) is 11.1. The quantitative estimate of drug-likeness (QED) is 0.872. The summed E-state index contributed by atoms with van der Waals surface area (Å²) in [6.45, 7) is 6.32. The third-order valence-corrected chi connectivity index (χ3v) is 4.24. The Balaban J connectivity index is 1.53. The van der Waals surface area contributed by atoms with E-state index in [1.54, 1.807) is 0 Å². The molecule has 1 saturated carbocycles. The first-order chi connectivity index (χ1) is 8.76. The van der Waals surface area contributed by atoms with Gasteiger partial charge in [0.15, 0.2) is 5.82 Å². The van der Waals surface area contributed by atoms with Gasteiger partial charge in [-0.15, -0.1) is 0 Å². The molecule has 0 bridgehead atoms. The first-order valence-electron chi connectivity index (χ1n) is 7.02. The topological polar surface area (TPSA) is 54.2 Å². The molecule has 1 spiro atoms. The highest BCUT2D eigenvalue weighted by atomic mass is 16.5. The molecule has 1 aromatic rings. The molecule has 0 unspecified atom stereocenters. The van der Waals surface area contributed by atoms with Crippen molar-refractivity contribution in [2.45, 2.75) is 44.6 Å². The Morgan fingerprint density at radius 2 is 2.22 bits per heavy atom. The molecular formula is C13H22N4O. The van der Waals surface area contributed by atoms with Crippen LogP contribution in [0.1, 0.15) is 37.4 Å². The Kier molecular flexibility index (Phi) is 3.35. The molecule has 5 nitrogen and oxygen atoms in total. The minimum atomic E-state index is 0.408. The molecule has 1 aliphatic heterocycles. The summed E-state index contributed by atoms with van der Waals surface area (Å²) in [5.74, 6) is 1.50. The van der Waals surface area contributed by atoms with Crippen LogP contribution in [0.2, 0.25) is 0 Å². The van der Waals surface area contributed by atoms with Crippen LogP contribution in [0.5, 0.6) is 0 Å². The van der Waals surface area contributed by atoms with Crippen LogP contribution in [0, 0.1) is 6.92 Å². The Morgan fingerprint density at radius 1 is 1.39 bits per heavy atom. The minimum absolute atomic E-state index is 0.408. The van der Waals surface area contributed by atoms with Gasteiger partial charge < -0.3 is 9.84 Å². The van der Waals surface area contributed by atoms with Crippen molar-refractivity contribution in [2.75, 3.05) is 26.2 Å². The van der Waals surface area contributed by atoms with Crippen molar-refractivity contribution >= 4 is 0 Å². The maximum Gasteiger partial charge on any atom is 0.223 e. The van der Waals surface area contributed by atoms with Crippen molar-refractivity contribution in [3.05, 3.63) is 11.7 Å². The average Bonchev–Trinajstić information content (AvgIpc) is 2.97. The van der Waals surface area contributed by atoms with E-state index in [-0.39, 0.29) is 0 Å². The molecule has 1 N–H and O–H groups in total. The van der Waals surface area contributed by atoms with Crippen molar-refractivity contribution in [3.63, 3.8) is 0 Å². The van der Waals surface area contributed by atoms with Crippen LogP contribution in [-0.4, -0.2) is 46.8 Å². The van der Waals surface area contributed by atoms with Crippen LogP contribution < -0.4 is 5.32 Å². The van der Waals surface area contributed by atoms with Gasteiger partial charge >= 0.3 is 0 Å². The van der Waals surface area contributed by atoms with Crippen molar-refractivity contribution in [2.24, 2.45) is 0 Å². The van der Waals surface area contributed by atoms with E-state index >= 15 is 0 Å². The Morgan fingerprint density at radius 3 is 2.94 bits per heavy atom. The third-order valence-electron chi connectivity index (χ3n) is 4.24. The molecule has 0 aromatic carbocycles. The second kappa shape index (κ2) is 4.97. The summed E-state index contributed by atoms with van der Waals surface area (Å²) in [4.78, 5) is 6.81. The van der Waals surface area contributed by atoms with Gasteiger partial charge in [0, 0.05) is 45.1 Å². The number of nitrogens with one attached hydrogen (secondary N) is 1. The average molecular weight is 250 g/mol. The molecule has 0 amide bonds. The highest BCUT2D eigenvalue weighted by Gasteiger charge is 2.37. The zero-order chi connectivity index (χ0) is 12.4. The fourth-order valence-corrected chi connectivity index (χ4v) is 3.32. The second-order valence-electron chi connectivity index (χ2n) is 5.67. The summed E-state index contributed by atoms with van der Waals surface area (Å²) < 4.78 is 5.01. The van der Waals surface area contributed by atoms with Gasteiger partial charge in [-0.2, -0.15) is 4.98 Å². The van der Waals surface area contributed by atoms with Gasteiger partial charge in [-0.25, -0.2) is 0 Å². The Hall–Kier alpha value is -0.940. The highest BCUT2D eigenvalue weighted by Crippen LogP contribution is 2.31. The van der Waals surface area contributed by atoms with E-state index in [1.165, 1.54) is 32.2 Å². The lowest BCUT2D eigenvalue weighted by atomic mass is 9.94. The monoisotopic (exact) mass is 250 g/mol. The molecule has 2 fully saturated rings. The molecule has 5 heteroatoms. The van der Waals surface area contributed by atoms with Crippen molar-refractivity contribution < 1.29 is 4.52 Å². The van der Waals surface area contributed by atoms with Crippen molar-refractivity contribution in [1.29, 1.82) is 0 Å². The molecule has 2 aliphatic rings. The molecule has 1 saturated heterocycles. The standard InChI is InChI=1S/C13H22N4O/c1-11-15-12(16-18-11)4-8-17-9-7-14-13(10-17)5-2-3-6-13/h14H,2-10H2,1H3. The fraction of sp³-hybridized carbons (Fsp3) is 0.846. The van der Waals surface area contributed by atoms with Gasteiger partial charge in [0.25, 0.3) is 0 Å². The van der Waals surface area contributed by atoms with Crippen molar-refractivity contribution in [1.82, 2.24) is 20.4 Å². The first kappa shape index (κ1) is 12.1. The normalized spacial score (nSPS) is 23.8. The number of hydrogen-bond acceptors (Lipinski definition) is 5. The molecular weight excluding hydrogens is 228 g/mol. The summed E-state index contributed by atoms with van der Waals surface area (Å²) in [7, 11) is 0. The number of aryl methyl sites for hydroxylation is 1. The minimum Gasteiger partial charge on any atom is -0.340 e. The van der Waals surface area contributed by atoms with Crippen LogP contribution in [0.15, 0.2) is 4.52 Å².